The summed E-state index contributed by atoms with van der Waals surface area (Å²) in [6.07, 6.45) is 2.19. The van der Waals surface area contributed by atoms with E-state index in [4.69, 9.17) is 5.11 Å². The molecule has 7 nitrogen and oxygen atoms in total. The molecule has 0 fully saturated rings. The van der Waals surface area contributed by atoms with Crippen LogP contribution < -0.4 is 5.32 Å². The number of amides is 1. The third-order valence-corrected chi connectivity index (χ3v) is 4.32. The van der Waals surface area contributed by atoms with Gasteiger partial charge in [0.05, 0.1) is 4.92 Å². The Labute approximate surface area is 135 Å². The van der Waals surface area contributed by atoms with Crippen molar-refractivity contribution in [2.45, 2.75) is 37.4 Å². The van der Waals surface area contributed by atoms with E-state index in [0.717, 1.165) is 18.4 Å². The number of hydrogen-bond donors (Lipinski definition) is 2. The van der Waals surface area contributed by atoms with E-state index in [1.54, 1.807) is 6.07 Å². The lowest BCUT2D eigenvalue weighted by atomic mass is 9.98. The van der Waals surface area contributed by atoms with Gasteiger partial charge in [-0.15, -0.1) is 0 Å². The van der Waals surface area contributed by atoms with Gasteiger partial charge in [0.15, 0.2) is 0 Å². The average molecular weight is 371 g/mol. The quantitative estimate of drug-likeness (QED) is 0.469. The van der Waals surface area contributed by atoms with Gasteiger partial charge in [0.2, 0.25) is 5.91 Å². The molecule has 1 aliphatic rings. The first-order valence-corrected chi connectivity index (χ1v) is 7.69. The minimum atomic E-state index is -1.06. The van der Waals surface area contributed by atoms with Crippen molar-refractivity contribution in [2.75, 3.05) is 5.32 Å². The molecule has 22 heavy (non-hydrogen) atoms. The number of alkyl halides is 1. The molecule has 1 atom stereocenters. The fraction of sp³-hybridized carbons (Fsp3) is 0.429. The number of hydrogen-bond acceptors (Lipinski definition) is 4. The summed E-state index contributed by atoms with van der Waals surface area (Å²) in [5, 5.41) is 23.0. The second kappa shape index (κ2) is 6.43. The Hall–Kier alpha value is -1.96. The van der Waals surface area contributed by atoms with Crippen LogP contribution in [0.3, 0.4) is 0 Å². The van der Waals surface area contributed by atoms with E-state index in [1.807, 2.05) is 0 Å². The summed E-state index contributed by atoms with van der Waals surface area (Å²) >= 11 is 3.04. The maximum Gasteiger partial charge on any atom is 0.317 e. The fourth-order valence-electron chi connectivity index (χ4n) is 2.74. The van der Waals surface area contributed by atoms with Crippen LogP contribution in [0.25, 0.3) is 0 Å². The predicted octanol–water partition coefficient (Wildman–Crippen LogP) is 2.43. The minimum absolute atomic E-state index is 0.0546. The average Bonchev–Trinajstić information content (AvgIpc) is 2.85. The molecule has 1 aliphatic carbocycles. The first-order chi connectivity index (χ1) is 10.3. The number of nitro benzene ring substituents is 1. The lowest BCUT2D eigenvalue weighted by Crippen LogP contribution is -2.19. The zero-order chi connectivity index (χ0) is 16.4. The van der Waals surface area contributed by atoms with E-state index < -0.39 is 21.6 Å². The Morgan fingerprint density at radius 1 is 1.50 bits per heavy atom. The summed E-state index contributed by atoms with van der Waals surface area (Å²) < 4.78 is 0. The number of aliphatic carboxylic acids is 1. The number of aryl methyl sites for hydroxylation is 1. The number of nitrogens with zero attached hydrogens (tertiary/aromatic N) is 1. The van der Waals surface area contributed by atoms with Crippen LogP contribution in [0.1, 0.15) is 30.0 Å². The zero-order valence-corrected chi connectivity index (χ0v) is 13.5. The van der Waals surface area contributed by atoms with E-state index in [2.05, 4.69) is 21.2 Å². The number of carboxylic acids is 1. The molecular formula is C14H15BrN2O5. The van der Waals surface area contributed by atoms with Crippen molar-refractivity contribution in [2.24, 2.45) is 0 Å². The first kappa shape index (κ1) is 16.4. The molecule has 0 heterocycles. The lowest BCUT2D eigenvalue weighted by molar-refractivity contribution is -0.384. The summed E-state index contributed by atoms with van der Waals surface area (Å²) in [4.78, 5) is 32.5. The highest BCUT2D eigenvalue weighted by atomic mass is 79.9. The molecule has 0 aliphatic heterocycles. The maximum atomic E-state index is 11.5. The summed E-state index contributed by atoms with van der Waals surface area (Å²) in [5.41, 5.74) is 1.97. The van der Waals surface area contributed by atoms with Crippen molar-refractivity contribution >= 4 is 39.2 Å². The number of fused-ring (bicyclic) bond motifs is 1. The van der Waals surface area contributed by atoms with Crippen LogP contribution in [0.2, 0.25) is 0 Å². The largest absolute Gasteiger partial charge is 0.480 e. The van der Waals surface area contributed by atoms with E-state index >= 15 is 0 Å². The molecule has 1 amide bonds. The van der Waals surface area contributed by atoms with Crippen molar-refractivity contribution in [1.29, 1.82) is 0 Å². The normalized spacial score (nSPS) is 14.3. The summed E-state index contributed by atoms with van der Waals surface area (Å²) in [7, 11) is 0. The van der Waals surface area contributed by atoms with E-state index in [0.29, 0.717) is 17.5 Å². The van der Waals surface area contributed by atoms with Crippen LogP contribution >= 0.6 is 15.9 Å². The Kier molecular flexibility index (Phi) is 4.80. The number of rotatable bonds is 5. The monoisotopic (exact) mass is 370 g/mol. The van der Waals surface area contributed by atoms with Crippen molar-refractivity contribution in [3.05, 3.63) is 32.9 Å². The van der Waals surface area contributed by atoms with Crippen LogP contribution in [-0.4, -0.2) is 26.7 Å². The molecule has 0 bridgehead atoms. The van der Waals surface area contributed by atoms with Gasteiger partial charge in [-0.2, -0.15) is 0 Å². The van der Waals surface area contributed by atoms with Gasteiger partial charge in [-0.05, 0) is 36.8 Å². The number of carbonyl (C=O) groups is 2. The Bertz CT molecular complexity index is 659. The standard InChI is InChI=1S/C14H15BrN2O5/c1-7(18)16-12-9(6-11(15)14(19)20)5-8-3-2-4-10(8)13(12)17(21)22/h5,11H,2-4,6H2,1H3,(H,16,18)(H,19,20). The van der Waals surface area contributed by atoms with Gasteiger partial charge < -0.3 is 10.4 Å². The van der Waals surface area contributed by atoms with Gasteiger partial charge in [0.25, 0.3) is 5.69 Å². The van der Waals surface area contributed by atoms with E-state index in [9.17, 15) is 19.7 Å². The number of nitrogens with one attached hydrogen (secondary N) is 1. The summed E-state index contributed by atoms with van der Waals surface area (Å²) in [6, 6.07) is 1.78. The lowest BCUT2D eigenvalue weighted by Gasteiger charge is -2.15. The second-order valence-electron chi connectivity index (χ2n) is 5.20. The minimum Gasteiger partial charge on any atom is -0.480 e. The van der Waals surface area contributed by atoms with Gasteiger partial charge in [-0.1, -0.05) is 22.0 Å². The van der Waals surface area contributed by atoms with Gasteiger partial charge in [-0.25, -0.2) is 0 Å². The van der Waals surface area contributed by atoms with E-state index in [1.165, 1.54) is 6.92 Å². The van der Waals surface area contributed by atoms with Crippen molar-refractivity contribution in [3.63, 3.8) is 0 Å². The molecule has 0 spiro atoms. The van der Waals surface area contributed by atoms with Crippen LogP contribution in [0.15, 0.2) is 6.07 Å². The number of carbonyl (C=O) groups excluding carboxylic acids is 1. The molecule has 0 saturated carbocycles. The fourth-order valence-corrected chi connectivity index (χ4v) is 3.09. The molecule has 2 N–H and O–H groups in total. The molecular weight excluding hydrogens is 356 g/mol. The van der Waals surface area contributed by atoms with Crippen LogP contribution in [0.4, 0.5) is 11.4 Å². The van der Waals surface area contributed by atoms with Crippen LogP contribution in [0.5, 0.6) is 0 Å². The van der Waals surface area contributed by atoms with Crippen molar-refractivity contribution < 1.29 is 19.6 Å². The summed E-state index contributed by atoms with van der Waals surface area (Å²) in [5.74, 6) is -1.49. The Morgan fingerprint density at radius 3 is 2.73 bits per heavy atom. The van der Waals surface area contributed by atoms with Gasteiger partial charge in [0, 0.05) is 12.5 Å². The van der Waals surface area contributed by atoms with Crippen molar-refractivity contribution in [3.8, 4) is 0 Å². The number of carboxylic acid groups (broad SMARTS) is 1. The molecule has 8 heteroatoms. The van der Waals surface area contributed by atoms with Gasteiger partial charge >= 0.3 is 5.97 Å². The molecule has 118 valence electrons. The van der Waals surface area contributed by atoms with Crippen LogP contribution in [-0.2, 0) is 28.9 Å². The Morgan fingerprint density at radius 2 is 2.18 bits per heavy atom. The topological polar surface area (TPSA) is 110 Å². The first-order valence-electron chi connectivity index (χ1n) is 6.77. The number of anilines is 1. The molecule has 2 rings (SSSR count). The molecule has 0 radical (unpaired) electrons. The molecule has 1 unspecified atom stereocenters. The SMILES string of the molecule is CC(=O)Nc1c(CC(Br)C(=O)O)cc2c(c1[N+](=O)[O-])CCC2. The molecule has 1 aromatic rings. The van der Waals surface area contributed by atoms with Gasteiger partial charge in [0.1, 0.15) is 10.5 Å². The highest BCUT2D eigenvalue weighted by Gasteiger charge is 2.30. The highest BCUT2D eigenvalue weighted by Crippen LogP contribution is 2.40. The Balaban J connectivity index is 2.60. The molecule has 0 aromatic heterocycles. The van der Waals surface area contributed by atoms with Crippen molar-refractivity contribution in [1.82, 2.24) is 0 Å². The molecule has 0 saturated heterocycles. The third kappa shape index (κ3) is 3.27. The van der Waals surface area contributed by atoms with Crippen LogP contribution in [0, 0.1) is 10.1 Å². The zero-order valence-electron chi connectivity index (χ0n) is 11.9. The second-order valence-corrected chi connectivity index (χ2v) is 6.30. The van der Waals surface area contributed by atoms with E-state index in [-0.39, 0.29) is 17.8 Å². The molecule has 1 aromatic carbocycles. The highest BCUT2D eigenvalue weighted by molar-refractivity contribution is 9.10. The number of nitro groups is 1. The predicted molar refractivity (Wildman–Crippen MR) is 83.5 cm³/mol. The van der Waals surface area contributed by atoms with Gasteiger partial charge in [-0.3, -0.25) is 19.7 Å². The third-order valence-electron chi connectivity index (χ3n) is 3.60. The summed E-state index contributed by atoms with van der Waals surface area (Å²) in [6.45, 7) is 1.27. The smallest absolute Gasteiger partial charge is 0.317 e. The number of benzene rings is 1. The number of halogens is 1. The maximum absolute atomic E-state index is 11.5.